The van der Waals surface area contributed by atoms with Crippen molar-refractivity contribution in [1.29, 1.82) is 0 Å². The van der Waals surface area contributed by atoms with Crippen LogP contribution >= 0.6 is 0 Å². The quantitative estimate of drug-likeness (QED) is 0.0493. The molecular weight excluding hydrogens is 606 g/mol. The van der Waals surface area contributed by atoms with Crippen molar-refractivity contribution in [2.75, 3.05) is 22.3 Å². The molecule has 0 bridgehead atoms. The lowest BCUT2D eigenvalue weighted by molar-refractivity contribution is -0.617. The molecule has 5 rings (SSSR count). The standard InChI is InChI=1S/C24H25N5O4S.C6H6O3S/c1-28-22-7-3-2-6-20(22)24(21-13-12-19(29(30)31)16-23(21)28)26-17-8-10-18(11-9-17)27-34(32,33)15-5-4-14-25;7-10(8,9)6-4-2-1-3-5-6/h2-3,6-13,16,27H,4-5,14-15,25H2,1H3;1-5H,(H,7,8,9). The Morgan fingerprint density at radius 3 is 2.02 bits per heavy atom. The minimum atomic E-state index is -4.25. The van der Waals surface area contributed by atoms with Crippen molar-refractivity contribution < 1.29 is 30.9 Å². The van der Waals surface area contributed by atoms with E-state index < -0.39 is 25.1 Å². The van der Waals surface area contributed by atoms with Crippen molar-refractivity contribution in [2.45, 2.75) is 17.7 Å². The Morgan fingerprint density at radius 1 is 0.795 bits per heavy atom. The molecule has 14 heteroatoms. The van der Waals surface area contributed by atoms with Gasteiger partial charge in [0.15, 0.2) is 0 Å². The van der Waals surface area contributed by atoms with E-state index in [4.69, 9.17) is 5.73 Å². The van der Waals surface area contributed by atoms with E-state index in [2.05, 4.69) is 10.0 Å². The average Bonchev–Trinajstić information content (AvgIpc) is 3.00. The maximum absolute atomic E-state index is 12.2. The van der Waals surface area contributed by atoms with Crippen molar-refractivity contribution in [3.8, 4) is 0 Å². The molecule has 4 N–H and O–H groups in total. The first-order valence-corrected chi connectivity index (χ1v) is 16.5. The fraction of sp³-hybridized carbons (Fsp3) is 0.167. The number of aryl methyl sites for hydroxylation is 1. The molecule has 230 valence electrons. The summed E-state index contributed by atoms with van der Waals surface area (Å²) in [4.78, 5) is 10.7. The van der Waals surface area contributed by atoms with Gasteiger partial charge in [-0.25, -0.2) is 16.8 Å². The summed E-state index contributed by atoms with van der Waals surface area (Å²) >= 11 is 0. The Kier molecular flexibility index (Phi) is 10.1. The number of nitrogens with zero attached hydrogens (tertiary/aromatic N) is 2. The molecule has 4 aromatic carbocycles. The summed E-state index contributed by atoms with van der Waals surface area (Å²) in [5.41, 5.74) is 9.14. The molecule has 5 aromatic rings. The lowest BCUT2D eigenvalue weighted by Gasteiger charge is -2.13. The number of non-ortho nitro benzene ring substituents is 1. The number of benzene rings is 4. The van der Waals surface area contributed by atoms with Crippen LogP contribution in [0.2, 0.25) is 0 Å². The van der Waals surface area contributed by atoms with E-state index in [9.17, 15) is 31.5 Å². The highest BCUT2D eigenvalue weighted by Crippen LogP contribution is 2.34. The monoisotopic (exact) mass is 637 g/mol. The summed E-state index contributed by atoms with van der Waals surface area (Å²) in [7, 11) is -5.81. The number of nitrogens with one attached hydrogen (secondary N) is 2. The Hall–Kier alpha value is -4.63. The first kappa shape index (κ1) is 32.3. The fourth-order valence-corrected chi connectivity index (χ4v) is 6.20. The van der Waals surface area contributed by atoms with E-state index in [0.717, 1.165) is 33.2 Å². The van der Waals surface area contributed by atoms with E-state index >= 15 is 0 Å². The number of nitrogens with two attached hydrogens (primary N) is 1. The van der Waals surface area contributed by atoms with Gasteiger partial charge in [-0.3, -0.25) is 14.8 Å². The molecule has 0 spiro atoms. The Bertz CT molecular complexity index is 2000. The van der Waals surface area contributed by atoms with Crippen LogP contribution in [0.15, 0.2) is 102 Å². The molecule has 1 heterocycles. The summed E-state index contributed by atoms with van der Waals surface area (Å²) in [5, 5.41) is 16.5. The summed E-state index contributed by atoms with van der Waals surface area (Å²) in [6.45, 7) is 0.462. The number of hydrogen-bond donors (Lipinski definition) is 3. The smallest absolute Gasteiger partial charge is 0.276 e. The van der Waals surface area contributed by atoms with E-state index in [1.165, 1.54) is 30.3 Å². The van der Waals surface area contributed by atoms with Gasteiger partial charge in [-0.05, 0) is 67.9 Å². The van der Waals surface area contributed by atoms with Gasteiger partial charge in [-0.1, -0.05) is 30.3 Å². The topological polar surface area (TPSA) is 188 Å². The number of hydrogen-bond acceptors (Lipinski definition) is 9. The molecule has 1 aromatic heterocycles. The minimum Gasteiger partial charge on any atom is -0.744 e. The van der Waals surface area contributed by atoms with Crippen molar-refractivity contribution in [3.05, 3.63) is 107 Å². The first-order valence-electron chi connectivity index (χ1n) is 13.5. The van der Waals surface area contributed by atoms with Crippen LogP contribution in [0.25, 0.3) is 21.8 Å². The second kappa shape index (κ2) is 13.8. The number of nitro benzene ring substituents is 1. The van der Waals surface area contributed by atoms with Gasteiger partial charge in [0, 0.05) is 23.5 Å². The zero-order valence-corrected chi connectivity index (χ0v) is 25.3. The van der Waals surface area contributed by atoms with Gasteiger partial charge in [0.05, 0.1) is 38.1 Å². The van der Waals surface area contributed by atoms with Crippen LogP contribution < -0.4 is 20.3 Å². The zero-order chi connectivity index (χ0) is 31.9. The predicted molar refractivity (Wildman–Crippen MR) is 169 cm³/mol. The van der Waals surface area contributed by atoms with E-state index in [1.807, 2.05) is 35.9 Å². The van der Waals surface area contributed by atoms with Gasteiger partial charge < -0.3 is 15.6 Å². The van der Waals surface area contributed by atoms with Crippen LogP contribution in [-0.2, 0) is 27.2 Å². The maximum atomic E-state index is 12.2. The molecule has 0 aliphatic heterocycles. The normalized spacial score (nSPS) is 11.5. The Morgan fingerprint density at radius 2 is 1.41 bits per heavy atom. The number of aromatic nitrogens is 1. The molecular formula is C30H31N5O7S2. The third-order valence-corrected chi connectivity index (χ3v) is 8.91. The molecule has 0 saturated heterocycles. The SMILES string of the molecule is C[n+]1c2ccccc2c(Nc2ccc(NS(=O)(=O)CCCCN)cc2)c2ccc([N+](=O)[O-])cc21.O=S(=O)([O-])c1ccccc1. The third kappa shape index (κ3) is 8.05. The number of fused-ring (bicyclic) bond motifs is 2. The minimum absolute atomic E-state index is 0.0208. The summed E-state index contributed by atoms with van der Waals surface area (Å²) in [6, 6.07) is 26.8. The molecule has 0 fully saturated rings. The van der Waals surface area contributed by atoms with Crippen LogP contribution in [0, 0.1) is 10.1 Å². The summed E-state index contributed by atoms with van der Waals surface area (Å²) in [6.07, 6.45) is 1.17. The van der Waals surface area contributed by atoms with Crippen LogP contribution in [0.3, 0.4) is 0 Å². The number of nitro groups is 1. The second-order valence-electron chi connectivity index (χ2n) is 9.80. The van der Waals surface area contributed by atoms with Crippen molar-refractivity contribution in [2.24, 2.45) is 12.8 Å². The number of anilines is 3. The number of para-hydroxylation sites is 1. The van der Waals surface area contributed by atoms with Crippen molar-refractivity contribution in [3.63, 3.8) is 0 Å². The summed E-state index contributed by atoms with van der Waals surface area (Å²) < 4.78 is 59.8. The van der Waals surface area contributed by atoms with Gasteiger partial charge in [0.25, 0.3) is 5.69 Å². The third-order valence-electron chi connectivity index (χ3n) is 6.68. The highest BCUT2D eigenvalue weighted by Gasteiger charge is 2.21. The number of pyridine rings is 1. The molecule has 0 aliphatic carbocycles. The lowest BCUT2D eigenvalue weighted by atomic mass is 10.1. The van der Waals surface area contributed by atoms with Crippen LogP contribution in [-0.4, -0.2) is 38.6 Å². The van der Waals surface area contributed by atoms with Crippen molar-refractivity contribution in [1.82, 2.24) is 0 Å². The number of sulfonamides is 1. The van der Waals surface area contributed by atoms with Gasteiger partial charge in [-0.2, -0.15) is 4.57 Å². The van der Waals surface area contributed by atoms with Crippen molar-refractivity contribution >= 4 is 64.7 Å². The molecule has 0 saturated carbocycles. The fourth-order valence-electron chi connectivity index (χ4n) is 4.53. The molecule has 44 heavy (non-hydrogen) atoms. The summed E-state index contributed by atoms with van der Waals surface area (Å²) in [5.74, 6) is 0.0232. The molecule has 0 unspecified atom stereocenters. The predicted octanol–water partition coefficient (Wildman–Crippen LogP) is 4.54. The number of rotatable bonds is 10. The highest BCUT2D eigenvalue weighted by atomic mass is 32.2. The Balaban J connectivity index is 0.000000375. The number of unbranched alkanes of at least 4 members (excludes halogenated alkanes) is 1. The molecule has 0 atom stereocenters. The van der Waals surface area contributed by atoms with Gasteiger partial charge in [-0.15, -0.1) is 0 Å². The Labute approximate surface area is 255 Å². The van der Waals surface area contributed by atoms with Crippen LogP contribution in [0.5, 0.6) is 0 Å². The van der Waals surface area contributed by atoms with E-state index in [0.29, 0.717) is 25.1 Å². The van der Waals surface area contributed by atoms with E-state index in [-0.39, 0.29) is 16.3 Å². The van der Waals surface area contributed by atoms with E-state index in [1.54, 1.807) is 42.5 Å². The molecule has 0 aliphatic rings. The molecule has 12 nitrogen and oxygen atoms in total. The van der Waals surface area contributed by atoms with Gasteiger partial charge in [0.1, 0.15) is 17.2 Å². The van der Waals surface area contributed by atoms with Gasteiger partial charge in [0.2, 0.25) is 21.1 Å². The average molecular weight is 638 g/mol. The lowest BCUT2D eigenvalue weighted by Crippen LogP contribution is -2.30. The maximum Gasteiger partial charge on any atom is 0.276 e. The zero-order valence-electron chi connectivity index (χ0n) is 23.7. The molecule has 0 amide bonds. The highest BCUT2D eigenvalue weighted by molar-refractivity contribution is 7.92. The molecule has 0 radical (unpaired) electrons. The first-order chi connectivity index (χ1) is 20.9. The van der Waals surface area contributed by atoms with Gasteiger partial charge >= 0.3 is 0 Å². The largest absolute Gasteiger partial charge is 0.744 e. The second-order valence-corrected chi connectivity index (χ2v) is 13.0. The van der Waals surface area contributed by atoms with Crippen LogP contribution in [0.4, 0.5) is 22.7 Å². The van der Waals surface area contributed by atoms with Crippen LogP contribution in [0.1, 0.15) is 12.8 Å².